The molecule has 0 unspecified atom stereocenters. The van der Waals surface area contributed by atoms with E-state index in [0.717, 1.165) is 31.7 Å². The topological polar surface area (TPSA) is 37.6 Å². The van der Waals surface area contributed by atoms with Crippen LogP contribution in [0.4, 0.5) is 13.2 Å². The van der Waals surface area contributed by atoms with Gasteiger partial charge in [0.1, 0.15) is 11.5 Å². The van der Waals surface area contributed by atoms with Gasteiger partial charge < -0.3 is 14.5 Å². The van der Waals surface area contributed by atoms with Crippen LogP contribution in [0, 0.1) is 0 Å². The van der Waals surface area contributed by atoms with E-state index in [9.17, 15) is 13.2 Å². The summed E-state index contributed by atoms with van der Waals surface area (Å²) < 4.78 is 46.4. The number of nitrogens with zero attached hydrogens (tertiary/aromatic N) is 1. The van der Waals surface area contributed by atoms with E-state index in [-0.39, 0.29) is 17.0 Å². The summed E-state index contributed by atoms with van der Waals surface area (Å²) in [7, 11) is 0. The first-order valence-electron chi connectivity index (χ1n) is 7.48. The van der Waals surface area contributed by atoms with E-state index >= 15 is 0 Å². The normalized spacial score (nSPS) is 17.7. The van der Waals surface area contributed by atoms with Crippen molar-refractivity contribution in [1.29, 1.82) is 0 Å². The number of hydrogen-bond donors (Lipinski definition) is 1. The maximum Gasteiger partial charge on any atom is 0.573 e. The van der Waals surface area contributed by atoms with Gasteiger partial charge >= 0.3 is 6.36 Å². The Hall–Kier alpha value is -1.70. The standard InChI is InChI=1S/C16H16ClF3N2O2/c17-14-6-5-13(23-14)15(22-9-7-21-8-10-22)11-1-3-12(4-2-11)24-16(18,19)20/h1-6,15,21H,7-10H2/t15-/m0/s1. The summed E-state index contributed by atoms with van der Waals surface area (Å²) in [6.07, 6.45) is -4.70. The lowest BCUT2D eigenvalue weighted by Gasteiger charge is -2.34. The Balaban J connectivity index is 1.87. The Kier molecular flexibility index (Phi) is 5.03. The number of benzene rings is 1. The van der Waals surface area contributed by atoms with Crippen molar-refractivity contribution in [2.45, 2.75) is 12.4 Å². The maximum atomic E-state index is 12.3. The largest absolute Gasteiger partial charge is 0.573 e. The zero-order valence-electron chi connectivity index (χ0n) is 12.6. The lowest BCUT2D eigenvalue weighted by Crippen LogP contribution is -2.45. The second-order valence-corrected chi connectivity index (χ2v) is 5.82. The molecule has 24 heavy (non-hydrogen) atoms. The van der Waals surface area contributed by atoms with Crippen molar-refractivity contribution < 1.29 is 22.3 Å². The number of halogens is 4. The van der Waals surface area contributed by atoms with Crippen molar-refractivity contribution in [2.75, 3.05) is 26.2 Å². The van der Waals surface area contributed by atoms with Crippen LogP contribution < -0.4 is 10.1 Å². The van der Waals surface area contributed by atoms with Gasteiger partial charge in [0.15, 0.2) is 5.22 Å². The summed E-state index contributed by atoms with van der Waals surface area (Å²) in [5, 5.41) is 3.55. The average Bonchev–Trinajstić information content (AvgIpc) is 2.95. The molecule has 1 saturated heterocycles. The molecule has 0 amide bonds. The molecule has 0 radical (unpaired) electrons. The van der Waals surface area contributed by atoms with E-state index in [0.29, 0.717) is 5.76 Å². The minimum atomic E-state index is -4.70. The summed E-state index contributed by atoms with van der Waals surface area (Å²) >= 11 is 5.89. The van der Waals surface area contributed by atoms with E-state index in [1.54, 1.807) is 24.3 Å². The van der Waals surface area contributed by atoms with Gasteiger partial charge in [0.25, 0.3) is 0 Å². The van der Waals surface area contributed by atoms with Crippen molar-refractivity contribution in [2.24, 2.45) is 0 Å². The molecule has 0 aliphatic carbocycles. The summed E-state index contributed by atoms with van der Waals surface area (Å²) in [6, 6.07) is 9.08. The highest BCUT2D eigenvalue weighted by atomic mass is 35.5. The molecule has 3 rings (SSSR count). The van der Waals surface area contributed by atoms with E-state index in [2.05, 4.69) is 15.0 Å². The molecule has 1 aromatic carbocycles. The highest BCUT2D eigenvalue weighted by Crippen LogP contribution is 2.33. The molecule has 2 heterocycles. The highest BCUT2D eigenvalue weighted by molar-refractivity contribution is 6.28. The van der Waals surface area contributed by atoms with Gasteiger partial charge in [0.05, 0.1) is 6.04 Å². The molecule has 1 N–H and O–H groups in total. The summed E-state index contributed by atoms with van der Waals surface area (Å²) in [5.41, 5.74) is 0.817. The molecule has 0 spiro atoms. The number of ether oxygens (including phenoxy) is 1. The van der Waals surface area contributed by atoms with Crippen LogP contribution in [0.25, 0.3) is 0 Å². The third-order valence-electron chi connectivity index (χ3n) is 3.81. The molecule has 130 valence electrons. The molecule has 0 bridgehead atoms. The molecule has 8 heteroatoms. The number of nitrogens with one attached hydrogen (secondary N) is 1. The molecule has 1 atom stereocenters. The van der Waals surface area contributed by atoms with Gasteiger partial charge in [-0.05, 0) is 41.4 Å². The Bertz CT molecular complexity index is 667. The van der Waals surface area contributed by atoms with Crippen LogP contribution in [0.15, 0.2) is 40.8 Å². The van der Waals surface area contributed by atoms with Crippen molar-refractivity contribution in [1.82, 2.24) is 10.2 Å². The first kappa shape index (κ1) is 17.1. The number of hydrogen-bond acceptors (Lipinski definition) is 4. The number of furan rings is 1. The Morgan fingerprint density at radius 3 is 2.29 bits per heavy atom. The lowest BCUT2D eigenvalue weighted by molar-refractivity contribution is -0.274. The van der Waals surface area contributed by atoms with Gasteiger partial charge in [-0.1, -0.05) is 12.1 Å². The predicted octanol–water partition coefficient (Wildman–Crippen LogP) is 3.83. The first-order chi connectivity index (χ1) is 11.4. The van der Waals surface area contributed by atoms with Gasteiger partial charge in [-0.2, -0.15) is 0 Å². The van der Waals surface area contributed by atoms with Crippen LogP contribution in [-0.2, 0) is 0 Å². The third kappa shape index (κ3) is 4.23. The van der Waals surface area contributed by atoms with E-state index < -0.39 is 6.36 Å². The monoisotopic (exact) mass is 360 g/mol. The second-order valence-electron chi connectivity index (χ2n) is 5.45. The first-order valence-corrected chi connectivity index (χ1v) is 7.86. The van der Waals surface area contributed by atoms with Gasteiger partial charge in [0, 0.05) is 26.2 Å². The summed E-state index contributed by atoms with van der Waals surface area (Å²) in [5.74, 6) is 0.411. The van der Waals surface area contributed by atoms with Crippen molar-refractivity contribution in [3.8, 4) is 5.75 Å². The smallest absolute Gasteiger partial charge is 0.448 e. The summed E-state index contributed by atoms with van der Waals surface area (Å²) in [6.45, 7) is 3.26. The van der Waals surface area contributed by atoms with E-state index in [1.165, 1.54) is 12.1 Å². The van der Waals surface area contributed by atoms with Crippen LogP contribution in [0.1, 0.15) is 17.4 Å². The Morgan fingerprint density at radius 2 is 1.75 bits per heavy atom. The second kappa shape index (κ2) is 7.04. The third-order valence-corrected chi connectivity index (χ3v) is 4.01. The van der Waals surface area contributed by atoms with Gasteiger partial charge in [0.2, 0.25) is 0 Å². The van der Waals surface area contributed by atoms with Gasteiger partial charge in [-0.25, -0.2) is 0 Å². The average molecular weight is 361 g/mol. The number of piperazine rings is 1. The lowest BCUT2D eigenvalue weighted by atomic mass is 10.0. The molecule has 2 aromatic rings. The van der Waals surface area contributed by atoms with Crippen LogP contribution in [0.5, 0.6) is 5.75 Å². The Morgan fingerprint density at radius 1 is 1.08 bits per heavy atom. The van der Waals surface area contributed by atoms with Crippen LogP contribution >= 0.6 is 11.6 Å². The van der Waals surface area contributed by atoms with Crippen LogP contribution in [0.2, 0.25) is 5.22 Å². The van der Waals surface area contributed by atoms with E-state index in [1.807, 2.05) is 0 Å². The molecule has 0 saturated carbocycles. The number of rotatable bonds is 4. The van der Waals surface area contributed by atoms with Crippen molar-refractivity contribution in [3.63, 3.8) is 0 Å². The minimum Gasteiger partial charge on any atom is -0.448 e. The number of alkyl halides is 3. The van der Waals surface area contributed by atoms with Crippen molar-refractivity contribution in [3.05, 3.63) is 52.9 Å². The van der Waals surface area contributed by atoms with Crippen LogP contribution in [0.3, 0.4) is 0 Å². The van der Waals surface area contributed by atoms with Gasteiger partial charge in [-0.3, -0.25) is 4.90 Å². The highest BCUT2D eigenvalue weighted by Gasteiger charge is 2.31. The van der Waals surface area contributed by atoms with Gasteiger partial charge in [-0.15, -0.1) is 13.2 Å². The van der Waals surface area contributed by atoms with Crippen molar-refractivity contribution >= 4 is 11.6 Å². The maximum absolute atomic E-state index is 12.3. The molecule has 1 aliphatic heterocycles. The molecule has 1 aliphatic rings. The predicted molar refractivity (Wildman–Crippen MR) is 83.1 cm³/mol. The molecule has 1 fully saturated rings. The fourth-order valence-corrected chi connectivity index (χ4v) is 2.97. The Labute approximate surface area is 142 Å². The SMILES string of the molecule is FC(F)(F)Oc1ccc([C@@H](c2ccc(Cl)o2)N2CCNCC2)cc1. The quantitative estimate of drug-likeness (QED) is 0.899. The minimum absolute atomic E-state index is 0.209. The summed E-state index contributed by atoms with van der Waals surface area (Å²) in [4.78, 5) is 2.20. The zero-order valence-corrected chi connectivity index (χ0v) is 13.4. The van der Waals surface area contributed by atoms with E-state index in [4.69, 9.17) is 16.0 Å². The van der Waals surface area contributed by atoms with Crippen LogP contribution in [-0.4, -0.2) is 37.4 Å². The fourth-order valence-electron chi connectivity index (χ4n) is 2.82. The zero-order chi connectivity index (χ0) is 17.2. The molecule has 4 nitrogen and oxygen atoms in total. The fraction of sp³-hybridized carbons (Fsp3) is 0.375. The molecular formula is C16H16ClF3N2O2. The molecular weight excluding hydrogens is 345 g/mol. The molecule has 1 aromatic heterocycles.